The van der Waals surface area contributed by atoms with Gasteiger partial charge in [-0.2, -0.15) is 0 Å². The van der Waals surface area contributed by atoms with Gasteiger partial charge in [-0.15, -0.1) is 5.10 Å². The molecule has 1 amide bonds. The van der Waals surface area contributed by atoms with Gasteiger partial charge in [0.25, 0.3) is 5.91 Å². The number of nitrogens with zero attached hydrogens (tertiary/aromatic N) is 4. The molecular weight excluding hydrogens is 364 g/mol. The summed E-state index contributed by atoms with van der Waals surface area (Å²) in [5, 5.41) is 17.3. The molecule has 1 N–H and O–H groups in total. The third kappa shape index (κ3) is 4.14. The summed E-state index contributed by atoms with van der Waals surface area (Å²) in [6, 6.07) is 7.34. The van der Waals surface area contributed by atoms with Gasteiger partial charge >= 0.3 is 5.97 Å². The van der Waals surface area contributed by atoms with Crippen LogP contribution < -0.4 is 4.74 Å². The number of morpholine rings is 1. The number of rotatable bonds is 5. The first-order valence-corrected chi connectivity index (χ1v) is 9.13. The molecule has 2 heterocycles. The molecule has 9 heteroatoms. The second-order valence-corrected chi connectivity index (χ2v) is 7.08. The smallest absolute Gasteiger partial charge is 0.334 e. The molecule has 1 aromatic heterocycles. The molecule has 28 heavy (non-hydrogen) atoms. The molecule has 150 valence electrons. The van der Waals surface area contributed by atoms with Crippen molar-refractivity contribution in [3.8, 4) is 11.4 Å². The Labute approximate surface area is 162 Å². The highest BCUT2D eigenvalue weighted by Crippen LogP contribution is 2.20. The summed E-state index contributed by atoms with van der Waals surface area (Å²) in [5.74, 6) is -0.701. The average Bonchev–Trinajstić information content (AvgIpc) is 3.02. The van der Waals surface area contributed by atoms with Gasteiger partial charge in [0.1, 0.15) is 5.75 Å². The number of carbonyl (C=O) groups excluding carboxylic acids is 1. The van der Waals surface area contributed by atoms with Crippen molar-refractivity contribution in [2.75, 3.05) is 13.1 Å². The lowest BCUT2D eigenvalue weighted by molar-refractivity contribution is -0.160. The lowest BCUT2D eigenvalue weighted by Crippen LogP contribution is -2.52. The molecule has 0 radical (unpaired) electrons. The highest BCUT2D eigenvalue weighted by Gasteiger charge is 2.34. The molecule has 1 aliphatic rings. The predicted octanol–water partition coefficient (Wildman–Crippen LogP) is 1.68. The molecule has 1 unspecified atom stereocenters. The fourth-order valence-corrected chi connectivity index (χ4v) is 3.11. The van der Waals surface area contributed by atoms with E-state index in [-0.39, 0.29) is 30.4 Å². The van der Waals surface area contributed by atoms with Gasteiger partial charge in [0.2, 0.25) is 0 Å². The van der Waals surface area contributed by atoms with Crippen LogP contribution in [-0.4, -0.2) is 68.3 Å². The molecule has 2 aromatic rings. The summed E-state index contributed by atoms with van der Waals surface area (Å²) < 4.78 is 12.6. The van der Waals surface area contributed by atoms with Crippen LogP contribution in [-0.2, 0) is 9.53 Å². The molecule has 1 aromatic carbocycles. The quantitative estimate of drug-likeness (QED) is 0.830. The zero-order chi connectivity index (χ0) is 20.4. The maximum absolute atomic E-state index is 12.9. The Morgan fingerprint density at radius 2 is 1.93 bits per heavy atom. The van der Waals surface area contributed by atoms with Crippen molar-refractivity contribution in [1.82, 2.24) is 19.9 Å². The monoisotopic (exact) mass is 388 g/mol. The van der Waals surface area contributed by atoms with Crippen LogP contribution in [0.4, 0.5) is 0 Å². The lowest BCUT2D eigenvalue weighted by Gasteiger charge is -2.34. The molecular formula is C19H24N4O5. The molecule has 9 nitrogen and oxygen atoms in total. The molecule has 0 spiro atoms. The van der Waals surface area contributed by atoms with E-state index in [9.17, 15) is 14.7 Å². The summed E-state index contributed by atoms with van der Waals surface area (Å²) >= 11 is 0. The van der Waals surface area contributed by atoms with E-state index < -0.39 is 12.1 Å². The van der Waals surface area contributed by atoms with E-state index in [2.05, 4.69) is 10.3 Å². The topological polar surface area (TPSA) is 107 Å². The van der Waals surface area contributed by atoms with Crippen LogP contribution in [0.2, 0.25) is 0 Å². The van der Waals surface area contributed by atoms with Crippen LogP contribution in [0.25, 0.3) is 5.69 Å². The number of hydrogen-bond acceptors (Lipinski definition) is 6. The van der Waals surface area contributed by atoms with E-state index in [0.717, 1.165) is 11.4 Å². The highest BCUT2D eigenvalue weighted by molar-refractivity contribution is 5.93. The molecule has 3 rings (SSSR count). The van der Waals surface area contributed by atoms with Gasteiger partial charge in [-0.25, -0.2) is 9.48 Å². The molecule has 0 saturated carbocycles. The molecule has 2 atom stereocenters. The van der Waals surface area contributed by atoms with Crippen LogP contribution in [0.3, 0.4) is 0 Å². The molecule has 1 saturated heterocycles. The highest BCUT2D eigenvalue weighted by atomic mass is 16.5. The third-order valence-electron chi connectivity index (χ3n) is 4.37. The van der Waals surface area contributed by atoms with Gasteiger partial charge in [0, 0.05) is 6.54 Å². The minimum Gasteiger partial charge on any atom is -0.491 e. The molecule has 1 fully saturated rings. The summed E-state index contributed by atoms with van der Waals surface area (Å²) in [5.41, 5.74) is 1.52. The van der Waals surface area contributed by atoms with Gasteiger partial charge < -0.3 is 19.5 Å². The second kappa shape index (κ2) is 7.97. The number of aliphatic carboxylic acids is 1. The standard InChI is InChI=1S/C19H24N4O5/c1-11(2)27-15-7-5-14(6-8-15)23-13(4)17(20-21-23)18(24)22-9-12(3)28-16(10-22)19(25)26/h5-8,11-12,16H,9-10H2,1-4H3,(H,25,26)/t12-,16?/m1/s1. The first-order valence-electron chi connectivity index (χ1n) is 9.13. The summed E-state index contributed by atoms with van der Waals surface area (Å²) in [4.78, 5) is 25.6. The zero-order valence-electron chi connectivity index (χ0n) is 16.3. The van der Waals surface area contributed by atoms with Crippen LogP contribution in [0.5, 0.6) is 5.75 Å². The van der Waals surface area contributed by atoms with E-state index in [1.165, 1.54) is 4.90 Å². The van der Waals surface area contributed by atoms with Crippen molar-refractivity contribution < 1.29 is 24.2 Å². The van der Waals surface area contributed by atoms with Crippen molar-refractivity contribution in [3.05, 3.63) is 35.7 Å². The van der Waals surface area contributed by atoms with Crippen LogP contribution >= 0.6 is 0 Å². The van der Waals surface area contributed by atoms with Crippen molar-refractivity contribution in [3.63, 3.8) is 0 Å². The van der Waals surface area contributed by atoms with E-state index in [0.29, 0.717) is 12.2 Å². The van der Waals surface area contributed by atoms with E-state index in [4.69, 9.17) is 9.47 Å². The number of amides is 1. The van der Waals surface area contributed by atoms with E-state index in [1.54, 1.807) is 18.5 Å². The Hall–Kier alpha value is -2.94. The SMILES string of the molecule is Cc1c(C(=O)N2CC(C(=O)O)O[C@H](C)C2)nnn1-c1ccc(OC(C)C)cc1. The van der Waals surface area contributed by atoms with E-state index >= 15 is 0 Å². The Morgan fingerprint density at radius 3 is 2.54 bits per heavy atom. The summed E-state index contributed by atoms with van der Waals surface area (Å²) in [6.45, 7) is 7.68. The summed E-state index contributed by atoms with van der Waals surface area (Å²) in [7, 11) is 0. The maximum atomic E-state index is 12.9. The Kier molecular flexibility index (Phi) is 5.64. The maximum Gasteiger partial charge on any atom is 0.334 e. The third-order valence-corrected chi connectivity index (χ3v) is 4.37. The zero-order valence-corrected chi connectivity index (χ0v) is 16.3. The van der Waals surface area contributed by atoms with E-state index in [1.807, 2.05) is 38.1 Å². The van der Waals surface area contributed by atoms with Crippen molar-refractivity contribution in [2.24, 2.45) is 0 Å². The number of aromatic nitrogens is 3. The van der Waals surface area contributed by atoms with Gasteiger partial charge in [0.05, 0.1) is 30.1 Å². The van der Waals surface area contributed by atoms with Crippen LogP contribution in [0, 0.1) is 6.92 Å². The predicted molar refractivity (Wildman–Crippen MR) is 99.7 cm³/mol. The molecule has 0 aliphatic carbocycles. The fourth-order valence-electron chi connectivity index (χ4n) is 3.11. The Balaban J connectivity index is 1.80. The van der Waals surface area contributed by atoms with Crippen LogP contribution in [0.15, 0.2) is 24.3 Å². The normalized spacial score (nSPS) is 19.7. The molecule has 0 bridgehead atoms. The largest absolute Gasteiger partial charge is 0.491 e. The van der Waals surface area contributed by atoms with Crippen molar-refractivity contribution in [2.45, 2.75) is 46.0 Å². The lowest BCUT2D eigenvalue weighted by atomic mass is 10.2. The number of carboxylic acid groups (broad SMARTS) is 1. The van der Waals surface area contributed by atoms with Gasteiger partial charge in [0.15, 0.2) is 11.8 Å². The fraction of sp³-hybridized carbons (Fsp3) is 0.474. The van der Waals surface area contributed by atoms with Crippen molar-refractivity contribution >= 4 is 11.9 Å². The second-order valence-electron chi connectivity index (χ2n) is 7.08. The minimum absolute atomic E-state index is 0.0218. The van der Waals surface area contributed by atoms with Crippen LogP contribution in [0.1, 0.15) is 37.0 Å². The number of ether oxygens (including phenoxy) is 2. The van der Waals surface area contributed by atoms with Gasteiger partial charge in [-0.1, -0.05) is 5.21 Å². The Bertz CT molecular complexity index is 862. The first kappa shape index (κ1) is 19.8. The minimum atomic E-state index is -1.09. The van der Waals surface area contributed by atoms with Crippen molar-refractivity contribution in [1.29, 1.82) is 0 Å². The molecule has 1 aliphatic heterocycles. The Morgan fingerprint density at radius 1 is 1.25 bits per heavy atom. The van der Waals surface area contributed by atoms with Gasteiger partial charge in [-0.3, -0.25) is 4.79 Å². The number of benzene rings is 1. The summed E-state index contributed by atoms with van der Waals surface area (Å²) in [6.07, 6.45) is -1.34. The number of carboxylic acids is 1. The average molecular weight is 388 g/mol. The van der Waals surface area contributed by atoms with Gasteiger partial charge in [-0.05, 0) is 52.0 Å². The first-order chi connectivity index (χ1) is 13.3. The number of carbonyl (C=O) groups is 2. The number of hydrogen-bond donors (Lipinski definition) is 1.